The molecule has 7 heteroatoms. The minimum atomic E-state index is -3.68. The molecule has 1 aromatic carbocycles. The molecule has 1 aliphatic heterocycles. The summed E-state index contributed by atoms with van der Waals surface area (Å²) in [6, 6.07) is 4.84. The van der Waals surface area contributed by atoms with Gasteiger partial charge in [-0.1, -0.05) is 6.07 Å². The molecule has 110 valence electrons. The van der Waals surface area contributed by atoms with Crippen molar-refractivity contribution in [2.24, 2.45) is 11.7 Å². The van der Waals surface area contributed by atoms with Crippen LogP contribution in [0, 0.1) is 12.8 Å². The molecule has 2 rings (SSSR count). The third-order valence-electron chi connectivity index (χ3n) is 3.57. The van der Waals surface area contributed by atoms with Crippen LogP contribution in [0.5, 0.6) is 0 Å². The molecule has 1 atom stereocenters. The van der Waals surface area contributed by atoms with Crippen molar-refractivity contribution in [2.45, 2.75) is 24.7 Å². The van der Waals surface area contributed by atoms with E-state index in [4.69, 9.17) is 11.5 Å². The van der Waals surface area contributed by atoms with E-state index in [0.717, 1.165) is 5.56 Å². The number of primary amides is 1. The Kier molecular flexibility index (Phi) is 4.01. The number of hydrogen-bond acceptors (Lipinski definition) is 4. The lowest BCUT2D eigenvalue weighted by molar-refractivity contribution is -0.122. The third kappa shape index (κ3) is 2.78. The molecule has 1 saturated heterocycles. The summed E-state index contributed by atoms with van der Waals surface area (Å²) in [7, 11) is -3.68. The van der Waals surface area contributed by atoms with Crippen LogP contribution in [0.15, 0.2) is 23.1 Å². The van der Waals surface area contributed by atoms with Crippen LogP contribution in [0.4, 0.5) is 5.69 Å². The summed E-state index contributed by atoms with van der Waals surface area (Å²) in [5, 5.41) is 0. The second kappa shape index (κ2) is 5.41. The highest BCUT2D eigenvalue weighted by Crippen LogP contribution is 2.27. The molecule has 0 bridgehead atoms. The number of carbonyl (C=O) groups is 1. The monoisotopic (exact) mass is 297 g/mol. The Morgan fingerprint density at radius 2 is 2.10 bits per heavy atom. The van der Waals surface area contributed by atoms with Crippen LogP contribution in [0.1, 0.15) is 18.4 Å². The number of nitrogen functional groups attached to an aromatic ring is 1. The van der Waals surface area contributed by atoms with Gasteiger partial charge < -0.3 is 11.5 Å². The van der Waals surface area contributed by atoms with Gasteiger partial charge in [0.2, 0.25) is 15.9 Å². The largest absolute Gasteiger partial charge is 0.398 e. The molecule has 1 heterocycles. The van der Waals surface area contributed by atoms with Gasteiger partial charge in [-0.15, -0.1) is 0 Å². The molecule has 6 nitrogen and oxygen atoms in total. The molecule has 0 radical (unpaired) electrons. The zero-order valence-electron chi connectivity index (χ0n) is 11.4. The lowest BCUT2D eigenvalue weighted by Crippen LogP contribution is -2.44. The van der Waals surface area contributed by atoms with E-state index in [-0.39, 0.29) is 17.1 Å². The van der Waals surface area contributed by atoms with Crippen LogP contribution in [0.2, 0.25) is 0 Å². The second-order valence-corrected chi connectivity index (χ2v) is 7.05. The molecule has 0 saturated carbocycles. The molecule has 1 fully saturated rings. The summed E-state index contributed by atoms with van der Waals surface area (Å²) in [5.74, 6) is -0.882. The molecule has 4 N–H and O–H groups in total. The molecule has 1 aromatic rings. The number of aryl methyl sites for hydroxylation is 1. The van der Waals surface area contributed by atoms with Crippen molar-refractivity contribution in [3.63, 3.8) is 0 Å². The van der Waals surface area contributed by atoms with E-state index in [2.05, 4.69) is 0 Å². The number of hydrogen-bond donors (Lipinski definition) is 2. The van der Waals surface area contributed by atoms with Gasteiger partial charge in [-0.25, -0.2) is 8.42 Å². The van der Waals surface area contributed by atoms with E-state index in [1.807, 2.05) is 6.92 Å². The van der Waals surface area contributed by atoms with Crippen LogP contribution in [0.3, 0.4) is 0 Å². The predicted molar refractivity (Wildman–Crippen MR) is 76.3 cm³/mol. The first-order chi connectivity index (χ1) is 9.32. The Balaban J connectivity index is 2.32. The summed E-state index contributed by atoms with van der Waals surface area (Å²) in [5.41, 5.74) is 12.2. The molecule has 0 aliphatic carbocycles. The first-order valence-corrected chi connectivity index (χ1v) is 7.92. The van der Waals surface area contributed by atoms with E-state index < -0.39 is 21.8 Å². The van der Waals surface area contributed by atoms with Crippen molar-refractivity contribution in [3.8, 4) is 0 Å². The highest BCUT2D eigenvalue weighted by Gasteiger charge is 2.33. The SMILES string of the molecule is Cc1ccc(S(=O)(=O)N2CCCC(C(N)=O)C2)c(N)c1. The Bertz CT molecular complexity index is 628. The van der Waals surface area contributed by atoms with Crippen molar-refractivity contribution in [1.29, 1.82) is 0 Å². The molecule has 0 spiro atoms. The fourth-order valence-corrected chi connectivity index (χ4v) is 4.06. The predicted octanol–water partition coefficient (Wildman–Crippen LogP) is 0.463. The summed E-state index contributed by atoms with van der Waals surface area (Å²) in [4.78, 5) is 11.3. The smallest absolute Gasteiger partial charge is 0.245 e. The number of nitrogens with zero attached hydrogens (tertiary/aromatic N) is 1. The summed E-state index contributed by atoms with van der Waals surface area (Å²) >= 11 is 0. The number of piperidine rings is 1. The van der Waals surface area contributed by atoms with Crippen molar-refractivity contribution < 1.29 is 13.2 Å². The molecule has 1 unspecified atom stereocenters. The molecule has 1 aliphatic rings. The summed E-state index contributed by atoms with van der Waals surface area (Å²) in [6.45, 7) is 2.36. The van der Waals surface area contributed by atoms with Gasteiger partial charge in [0.1, 0.15) is 4.90 Å². The van der Waals surface area contributed by atoms with Crippen molar-refractivity contribution in [3.05, 3.63) is 23.8 Å². The molecule has 1 amide bonds. The van der Waals surface area contributed by atoms with E-state index in [9.17, 15) is 13.2 Å². The minimum absolute atomic E-state index is 0.0909. The quantitative estimate of drug-likeness (QED) is 0.790. The Morgan fingerprint density at radius 3 is 2.70 bits per heavy atom. The van der Waals surface area contributed by atoms with Gasteiger partial charge >= 0.3 is 0 Å². The Hall–Kier alpha value is -1.60. The number of sulfonamides is 1. The lowest BCUT2D eigenvalue weighted by atomic mass is 9.99. The number of nitrogens with two attached hydrogens (primary N) is 2. The Morgan fingerprint density at radius 1 is 1.40 bits per heavy atom. The van der Waals surface area contributed by atoms with E-state index in [0.29, 0.717) is 19.4 Å². The van der Waals surface area contributed by atoms with Crippen LogP contribution >= 0.6 is 0 Å². The van der Waals surface area contributed by atoms with Crippen LogP contribution in [-0.2, 0) is 14.8 Å². The van der Waals surface area contributed by atoms with Gasteiger partial charge in [-0.3, -0.25) is 4.79 Å². The fourth-order valence-electron chi connectivity index (χ4n) is 2.43. The minimum Gasteiger partial charge on any atom is -0.398 e. The number of benzene rings is 1. The van der Waals surface area contributed by atoms with E-state index >= 15 is 0 Å². The zero-order valence-corrected chi connectivity index (χ0v) is 12.2. The lowest BCUT2D eigenvalue weighted by Gasteiger charge is -2.30. The maximum Gasteiger partial charge on any atom is 0.245 e. The average Bonchev–Trinajstić information content (AvgIpc) is 2.38. The highest BCUT2D eigenvalue weighted by molar-refractivity contribution is 7.89. The van der Waals surface area contributed by atoms with Crippen LogP contribution in [-0.4, -0.2) is 31.7 Å². The standard InChI is InChI=1S/C13H19N3O3S/c1-9-4-5-12(11(14)7-9)20(18,19)16-6-2-3-10(8-16)13(15)17/h4-5,7,10H,2-3,6,8,14H2,1H3,(H2,15,17). The molecular formula is C13H19N3O3S. The average molecular weight is 297 g/mol. The van der Waals surface area contributed by atoms with E-state index in [1.54, 1.807) is 12.1 Å². The number of carbonyl (C=O) groups excluding carboxylic acids is 1. The van der Waals surface area contributed by atoms with Crippen LogP contribution in [0.25, 0.3) is 0 Å². The third-order valence-corrected chi connectivity index (χ3v) is 5.51. The fraction of sp³-hybridized carbons (Fsp3) is 0.462. The summed E-state index contributed by atoms with van der Waals surface area (Å²) < 4.78 is 26.5. The van der Waals surface area contributed by atoms with Crippen molar-refractivity contribution in [2.75, 3.05) is 18.8 Å². The maximum absolute atomic E-state index is 12.6. The van der Waals surface area contributed by atoms with Gasteiger partial charge in [0.25, 0.3) is 0 Å². The van der Waals surface area contributed by atoms with Crippen molar-refractivity contribution in [1.82, 2.24) is 4.31 Å². The number of anilines is 1. The van der Waals surface area contributed by atoms with Gasteiger partial charge in [0, 0.05) is 13.1 Å². The summed E-state index contributed by atoms with van der Waals surface area (Å²) in [6.07, 6.45) is 1.25. The van der Waals surface area contributed by atoms with Crippen LogP contribution < -0.4 is 11.5 Å². The first kappa shape index (κ1) is 14.8. The van der Waals surface area contributed by atoms with Gasteiger partial charge in [-0.05, 0) is 37.5 Å². The Labute approximate surface area is 118 Å². The maximum atomic E-state index is 12.6. The second-order valence-electron chi connectivity index (χ2n) is 5.15. The topological polar surface area (TPSA) is 106 Å². The van der Waals surface area contributed by atoms with Gasteiger partial charge in [0.15, 0.2) is 0 Å². The first-order valence-electron chi connectivity index (χ1n) is 6.48. The van der Waals surface area contributed by atoms with E-state index in [1.165, 1.54) is 10.4 Å². The number of amides is 1. The highest BCUT2D eigenvalue weighted by atomic mass is 32.2. The normalized spacial score (nSPS) is 20.8. The van der Waals surface area contributed by atoms with Gasteiger partial charge in [0.05, 0.1) is 11.6 Å². The molecule has 20 heavy (non-hydrogen) atoms. The van der Waals surface area contributed by atoms with Crippen molar-refractivity contribution >= 4 is 21.6 Å². The zero-order chi connectivity index (χ0) is 14.9. The number of rotatable bonds is 3. The van der Waals surface area contributed by atoms with Gasteiger partial charge in [-0.2, -0.15) is 4.31 Å². The molecular weight excluding hydrogens is 278 g/mol. The molecule has 0 aromatic heterocycles.